The number of aromatic amines is 1. The van der Waals surface area contributed by atoms with Crippen molar-refractivity contribution in [2.24, 2.45) is 0 Å². The maximum absolute atomic E-state index is 11.7. The number of hydrogen-bond acceptors (Lipinski definition) is 7. The minimum absolute atomic E-state index is 0.0434. The Hall–Kier alpha value is -3.30. The Labute approximate surface area is 187 Å². The lowest BCUT2D eigenvalue weighted by Crippen LogP contribution is -2.14. The van der Waals surface area contributed by atoms with Crippen molar-refractivity contribution < 1.29 is 24.2 Å². The summed E-state index contributed by atoms with van der Waals surface area (Å²) >= 11 is 6.81. The third kappa shape index (κ3) is 6.59. The van der Waals surface area contributed by atoms with Crippen LogP contribution in [0.2, 0.25) is 5.02 Å². The van der Waals surface area contributed by atoms with Gasteiger partial charge in [0.1, 0.15) is 10.7 Å². The van der Waals surface area contributed by atoms with Crippen LogP contribution in [0.5, 0.6) is 5.75 Å². The van der Waals surface area contributed by atoms with Gasteiger partial charge in [-0.05, 0) is 66.7 Å². The van der Waals surface area contributed by atoms with Gasteiger partial charge in [-0.1, -0.05) is 23.7 Å². The van der Waals surface area contributed by atoms with Gasteiger partial charge in [-0.3, -0.25) is 5.10 Å². The summed E-state index contributed by atoms with van der Waals surface area (Å²) in [5.74, 6) is -0.589. The van der Waals surface area contributed by atoms with Crippen LogP contribution in [0.4, 0.5) is 0 Å². The minimum atomic E-state index is -1.11. The molecule has 0 unspecified atom stereocenters. The Morgan fingerprint density at radius 1 is 1.16 bits per heavy atom. The van der Waals surface area contributed by atoms with Gasteiger partial charge < -0.3 is 14.6 Å². The number of carbonyl (C=O) groups excluding carboxylic acids is 1. The summed E-state index contributed by atoms with van der Waals surface area (Å²) < 4.78 is 10.1. The molecule has 8 nitrogen and oxygen atoms in total. The zero-order valence-electron chi connectivity index (χ0n) is 16.4. The van der Waals surface area contributed by atoms with E-state index in [2.05, 4.69) is 15.2 Å². The monoisotopic (exact) mass is 459 g/mol. The summed E-state index contributed by atoms with van der Waals surface area (Å²) in [7, 11) is 0. The van der Waals surface area contributed by atoms with E-state index in [1.54, 1.807) is 55.5 Å². The molecule has 3 aromatic rings. The summed E-state index contributed by atoms with van der Waals surface area (Å²) in [5, 5.41) is 17.3. The number of carbonyl (C=O) groups is 2. The molecule has 1 aromatic heterocycles. The molecule has 0 spiro atoms. The van der Waals surface area contributed by atoms with Crippen LogP contribution in [-0.4, -0.2) is 45.4 Å². The molecule has 0 aliphatic carbocycles. The first-order valence-corrected chi connectivity index (χ1v) is 10.3. The summed E-state index contributed by atoms with van der Waals surface area (Å²) in [6, 6.07) is 13.7. The van der Waals surface area contributed by atoms with Crippen molar-refractivity contribution in [2.75, 3.05) is 13.2 Å². The molecule has 0 atom stereocenters. The number of rotatable bonds is 9. The van der Waals surface area contributed by atoms with Crippen molar-refractivity contribution in [3.8, 4) is 17.1 Å². The lowest BCUT2D eigenvalue weighted by molar-refractivity contribution is -0.145. The highest BCUT2D eigenvalue weighted by atomic mass is 35.5. The molecule has 3 rings (SSSR count). The third-order valence-electron chi connectivity index (χ3n) is 3.83. The molecule has 0 saturated heterocycles. The number of ether oxygens (including phenoxy) is 2. The van der Waals surface area contributed by atoms with Gasteiger partial charge in [0.2, 0.25) is 5.16 Å². The number of nitrogens with one attached hydrogen (secondary N) is 1. The maximum atomic E-state index is 11.7. The van der Waals surface area contributed by atoms with E-state index in [9.17, 15) is 14.7 Å². The van der Waals surface area contributed by atoms with Gasteiger partial charge in [-0.25, -0.2) is 14.6 Å². The average Bonchev–Trinajstić information content (AvgIpc) is 3.22. The van der Waals surface area contributed by atoms with Crippen molar-refractivity contribution >= 4 is 41.4 Å². The second-order valence-corrected chi connectivity index (χ2v) is 7.50. The number of H-pyrrole nitrogens is 1. The van der Waals surface area contributed by atoms with Crippen molar-refractivity contribution in [1.82, 2.24) is 15.2 Å². The molecule has 0 bridgehead atoms. The van der Waals surface area contributed by atoms with Crippen molar-refractivity contribution in [2.45, 2.75) is 12.1 Å². The largest absolute Gasteiger partial charge is 0.482 e. The van der Waals surface area contributed by atoms with Crippen LogP contribution in [0.25, 0.3) is 17.5 Å². The van der Waals surface area contributed by atoms with Crippen molar-refractivity contribution in [3.63, 3.8) is 0 Å². The highest BCUT2D eigenvalue weighted by Crippen LogP contribution is 2.28. The van der Waals surface area contributed by atoms with Crippen LogP contribution in [0, 0.1) is 0 Å². The van der Waals surface area contributed by atoms with Gasteiger partial charge in [0, 0.05) is 10.6 Å². The number of carboxylic acids is 1. The number of thioether (sulfide) groups is 1. The zero-order chi connectivity index (χ0) is 22.2. The Morgan fingerprint density at radius 3 is 2.52 bits per heavy atom. The van der Waals surface area contributed by atoms with E-state index in [1.807, 2.05) is 0 Å². The first-order chi connectivity index (χ1) is 14.9. The molecular formula is C21H18ClN3O5S. The van der Waals surface area contributed by atoms with E-state index in [0.29, 0.717) is 22.2 Å². The average molecular weight is 460 g/mol. The molecule has 2 N–H and O–H groups in total. The Morgan fingerprint density at radius 2 is 1.87 bits per heavy atom. The van der Waals surface area contributed by atoms with Gasteiger partial charge in [-0.2, -0.15) is 0 Å². The zero-order valence-corrected chi connectivity index (χ0v) is 17.9. The van der Waals surface area contributed by atoms with Gasteiger partial charge >= 0.3 is 11.9 Å². The van der Waals surface area contributed by atoms with Gasteiger partial charge in [0.05, 0.1) is 6.61 Å². The molecule has 0 saturated carbocycles. The molecule has 0 aliphatic heterocycles. The predicted octanol–water partition coefficient (Wildman–Crippen LogP) is 4.28. The van der Waals surface area contributed by atoms with Crippen molar-refractivity contribution in [1.29, 1.82) is 0 Å². The van der Waals surface area contributed by atoms with E-state index < -0.39 is 11.9 Å². The van der Waals surface area contributed by atoms with E-state index in [1.165, 1.54) is 6.08 Å². The number of hydrogen-bond donors (Lipinski definition) is 2. The molecule has 0 amide bonds. The Balaban J connectivity index is 1.68. The number of aromatic nitrogens is 3. The van der Waals surface area contributed by atoms with Crippen LogP contribution < -0.4 is 4.74 Å². The molecule has 1 heterocycles. The number of carboxylic acid groups (broad SMARTS) is 1. The van der Waals surface area contributed by atoms with Crippen LogP contribution in [-0.2, 0) is 14.3 Å². The summed E-state index contributed by atoms with van der Waals surface area (Å²) in [6.07, 6.45) is 1.50. The fourth-order valence-electron chi connectivity index (χ4n) is 2.42. The minimum Gasteiger partial charge on any atom is -0.482 e. The number of benzene rings is 2. The first-order valence-electron chi connectivity index (χ1n) is 9.14. The lowest BCUT2D eigenvalue weighted by atomic mass is 10.2. The van der Waals surface area contributed by atoms with E-state index in [4.69, 9.17) is 21.1 Å². The number of nitrogens with zero attached hydrogens (tertiary/aromatic N) is 2. The molecular weight excluding hydrogens is 442 g/mol. The lowest BCUT2D eigenvalue weighted by Gasteiger charge is -2.06. The van der Waals surface area contributed by atoms with Gasteiger partial charge in [-0.15, -0.1) is 5.10 Å². The fourth-order valence-corrected chi connectivity index (χ4v) is 3.25. The number of aliphatic carboxylic acids is 1. The smallest absolute Gasteiger partial charge is 0.344 e. The predicted molar refractivity (Wildman–Crippen MR) is 117 cm³/mol. The number of esters is 1. The Bertz CT molecular complexity index is 1080. The van der Waals surface area contributed by atoms with Gasteiger partial charge in [0.25, 0.3) is 0 Å². The normalized spacial score (nSPS) is 11.2. The molecule has 2 aromatic carbocycles. The highest BCUT2D eigenvalue weighted by molar-refractivity contribution is 8.04. The standard InChI is InChI=1S/C21H18ClN3O5S/c1-2-29-18(26)12-30-16-9-3-13(4-10-16)11-17(20(27)28)31-21-23-19(24-25-21)14-5-7-15(22)8-6-14/h3-11H,2,12H2,1H3,(H,27,28)(H,23,24,25)/b17-11-. The molecule has 0 fully saturated rings. The van der Waals surface area contributed by atoms with Crippen LogP contribution >= 0.6 is 23.4 Å². The van der Waals surface area contributed by atoms with Crippen LogP contribution in [0.3, 0.4) is 0 Å². The molecule has 31 heavy (non-hydrogen) atoms. The summed E-state index contributed by atoms with van der Waals surface area (Å²) in [6.45, 7) is 1.81. The van der Waals surface area contributed by atoms with E-state index in [0.717, 1.165) is 17.3 Å². The van der Waals surface area contributed by atoms with Crippen LogP contribution in [0.15, 0.2) is 58.6 Å². The molecule has 0 radical (unpaired) electrons. The second kappa shape index (κ2) is 10.6. The second-order valence-electron chi connectivity index (χ2n) is 6.05. The highest BCUT2D eigenvalue weighted by Gasteiger charge is 2.14. The van der Waals surface area contributed by atoms with E-state index >= 15 is 0 Å². The molecule has 10 heteroatoms. The van der Waals surface area contributed by atoms with Crippen molar-refractivity contribution in [3.05, 3.63) is 64.0 Å². The number of halogens is 1. The molecule has 0 aliphatic rings. The maximum Gasteiger partial charge on any atom is 0.344 e. The van der Waals surface area contributed by atoms with Gasteiger partial charge in [0.15, 0.2) is 12.4 Å². The topological polar surface area (TPSA) is 114 Å². The SMILES string of the molecule is CCOC(=O)COc1ccc(/C=C(\Sc2n[nH]c(-c3ccc(Cl)cc3)n2)C(=O)O)cc1. The van der Waals surface area contributed by atoms with E-state index in [-0.39, 0.29) is 23.3 Å². The quantitative estimate of drug-likeness (QED) is 0.277. The first kappa shape index (κ1) is 22.4. The van der Waals surface area contributed by atoms with Crippen LogP contribution in [0.1, 0.15) is 12.5 Å². The summed E-state index contributed by atoms with van der Waals surface area (Å²) in [5.41, 5.74) is 1.42. The Kier molecular flexibility index (Phi) is 7.69. The third-order valence-corrected chi connectivity index (χ3v) is 4.96. The molecule has 160 valence electrons. The fraction of sp³-hybridized carbons (Fsp3) is 0.143. The summed E-state index contributed by atoms with van der Waals surface area (Å²) in [4.78, 5) is 27.4.